The molecule has 2 heterocycles. The van der Waals surface area contributed by atoms with Crippen LogP contribution in [0.4, 0.5) is 0 Å². The zero-order chi connectivity index (χ0) is 10.7. The van der Waals surface area contributed by atoms with E-state index in [4.69, 9.17) is 9.47 Å². The summed E-state index contributed by atoms with van der Waals surface area (Å²) in [5.41, 5.74) is -0.210. The number of hydrogen-bond acceptors (Lipinski definition) is 4. The Morgan fingerprint density at radius 2 is 2.40 bits per heavy atom. The van der Waals surface area contributed by atoms with Crippen LogP contribution in [-0.4, -0.2) is 50.5 Å². The van der Waals surface area contributed by atoms with Crippen molar-refractivity contribution in [2.75, 3.05) is 32.9 Å². The Morgan fingerprint density at radius 3 is 3.00 bits per heavy atom. The maximum absolute atomic E-state index is 11.8. The quantitative estimate of drug-likeness (QED) is 0.636. The lowest BCUT2D eigenvalue weighted by Crippen LogP contribution is -2.54. The van der Waals surface area contributed by atoms with Crippen LogP contribution in [0, 0.1) is 0 Å². The minimum Gasteiger partial charge on any atom is -0.379 e. The van der Waals surface area contributed by atoms with Gasteiger partial charge >= 0.3 is 0 Å². The molecule has 0 radical (unpaired) electrons. The van der Waals surface area contributed by atoms with Gasteiger partial charge in [-0.1, -0.05) is 0 Å². The summed E-state index contributed by atoms with van der Waals surface area (Å²) >= 11 is 0. The summed E-state index contributed by atoms with van der Waals surface area (Å²) in [6.07, 6.45) is 0.523. The van der Waals surface area contributed by atoms with Gasteiger partial charge in [-0.2, -0.15) is 0 Å². The smallest absolute Gasteiger partial charge is 0.250 e. The molecule has 0 aromatic rings. The maximum Gasteiger partial charge on any atom is 0.250 e. The Balaban J connectivity index is 1.85. The van der Waals surface area contributed by atoms with Crippen molar-refractivity contribution in [3.8, 4) is 0 Å². The van der Waals surface area contributed by atoms with E-state index in [0.717, 1.165) is 19.6 Å². The normalized spacial score (nSPS) is 36.5. The average Bonchev–Trinajstić information content (AvgIpc) is 2.66. The van der Waals surface area contributed by atoms with Gasteiger partial charge in [-0.3, -0.25) is 4.79 Å². The highest BCUT2D eigenvalue weighted by atomic mass is 16.5. The highest BCUT2D eigenvalue weighted by molar-refractivity contribution is 5.81. The van der Waals surface area contributed by atoms with E-state index in [9.17, 15) is 4.79 Å². The third-order valence-electron chi connectivity index (χ3n) is 2.86. The molecule has 0 aromatic carbocycles. The van der Waals surface area contributed by atoms with E-state index < -0.39 is 0 Å². The Bertz CT molecular complexity index is 233. The number of nitrogens with one attached hydrogen (secondary N) is 2. The molecule has 15 heavy (non-hydrogen) atoms. The van der Waals surface area contributed by atoms with Crippen LogP contribution in [0.5, 0.6) is 0 Å². The van der Waals surface area contributed by atoms with Crippen molar-refractivity contribution in [3.05, 3.63) is 0 Å². The number of carbonyl (C=O) groups is 1. The molecule has 5 heteroatoms. The van der Waals surface area contributed by atoms with E-state index in [1.165, 1.54) is 0 Å². The molecule has 0 bridgehead atoms. The lowest BCUT2D eigenvalue weighted by Gasteiger charge is -2.28. The molecule has 2 saturated heterocycles. The highest BCUT2D eigenvalue weighted by Crippen LogP contribution is 2.17. The van der Waals surface area contributed by atoms with Crippen LogP contribution in [0.2, 0.25) is 0 Å². The Kier molecular flexibility index (Phi) is 3.23. The van der Waals surface area contributed by atoms with Gasteiger partial charge in [0.25, 0.3) is 5.91 Å². The largest absolute Gasteiger partial charge is 0.379 e. The summed E-state index contributed by atoms with van der Waals surface area (Å²) in [6, 6.07) is 0. The minimum absolute atomic E-state index is 0.0322. The van der Waals surface area contributed by atoms with E-state index in [1.54, 1.807) is 0 Å². The van der Waals surface area contributed by atoms with Crippen LogP contribution in [0.25, 0.3) is 0 Å². The third kappa shape index (κ3) is 2.68. The van der Waals surface area contributed by atoms with E-state index in [1.807, 2.05) is 6.92 Å². The molecular formula is C10H18N2O3. The molecule has 2 aliphatic rings. The second-order valence-corrected chi connectivity index (χ2v) is 4.42. The summed E-state index contributed by atoms with van der Waals surface area (Å²) in [6.45, 7) is 5.35. The van der Waals surface area contributed by atoms with E-state index in [0.29, 0.717) is 19.8 Å². The predicted octanol–water partition coefficient (Wildman–Crippen LogP) is -0.730. The van der Waals surface area contributed by atoms with Crippen LogP contribution in [0.15, 0.2) is 0 Å². The van der Waals surface area contributed by atoms with Crippen LogP contribution in [0.1, 0.15) is 13.3 Å². The van der Waals surface area contributed by atoms with Gasteiger partial charge in [0.1, 0.15) is 6.10 Å². The lowest BCUT2D eigenvalue weighted by molar-refractivity contribution is -0.136. The van der Waals surface area contributed by atoms with Crippen molar-refractivity contribution in [3.63, 3.8) is 0 Å². The number of rotatable bonds is 2. The molecule has 2 fully saturated rings. The second-order valence-electron chi connectivity index (χ2n) is 4.42. The number of morpholine rings is 1. The van der Waals surface area contributed by atoms with Gasteiger partial charge in [-0.25, -0.2) is 0 Å². The standard InChI is InChI=1S/C10H18N2O3/c1-10(2-4-14-7-10)12-9(13)8-6-11-3-5-15-8/h8,11H,2-7H2,1H3,(H,12,13)/t8-,10?/m0/s1. The molecule has 0 saturated carbocycles. The molecule has 0 aromatic heterocycles. The van der Waals surface area contributed by atoms with Crippen LogP contribution >= 0.6 is 0 Å². The van der Waals surface area contributed by atoms with Crippen molar-refractivity contribution in [1.29, 1.82) is 0 Å². The lowest BCUT2D eigenvalue weighted by atomic mass is 10.0. The summed E-state index contributed by atoms with van der Waals surface area (Å²) in [5, 5.41) is 6.13. The molecular weight excluding hydrogens is 196 g/mol. The zero-order valence-corrected chi connectivity index (χ0v) is 9.04. The molecule has 0 aliphatic carbocycles. The van der Waals surface area contributed by atoms with Gasteiger partial charge in [-0.15, -0.1) is 0 Å². The molecule has 2 atom stereocenters. The molecule has 2 rings (SSSR count). The van der Waals surface area contributed by atoms with E-state index in [-0.39, 0.29) is 17.6 Å². The minimum atomic E-state index is -0.351. The van der Waals surface area contributed by atoms with Gasteiger partial charge in [0.2, 0.25) is 0 Å². The van der Waals surface area contributed by atoms with Gasteiger partial charge in [0.05, 0.1) is 18.8 Å². The summed E-state index contributed by atoms with van der Waals surface area (Å²) in [4.78, 5) is 11.8. The van der Waals surface area contributed by atoms with Crippen molar-refractivity contribution in [2.24, 2.45) is 0 Å². The number of amides is 1. The fourth-order valence-corrected chi connectivity index (χ4v) is 1.88. The second kappa shape index (κ2) is 4.47. The molecule has 2 aliphatic heterocycles. The molecule has 86 valence electrons. The first kappa shape index (κ1) is 10.9. The first-order valence-electron chi connectivity index (χ1n) is 5.42. The van der Waals surface area contributed by atoms with Crippen LogP contribution < -0.4 is 10.6 Å². The summed E-state index contributed by atoms with van der Waals surface area (Å²) in [7, 11) is 0. The van der Waals surface area contributed by atoms with Gasteiger partial charge < -0.3 is 20.1 Å². The summed E-state index contributed by atoms with van der Waals surface area (Å²) < 4.78 is 10.7. The Morgan fingerprint density at radius 1 is 1.53 bits per heavy atom. The van der Waals surface area contributed by atoms with Crippen molar-refractivity contribution >= 4 is 5.91 Å². The van der Waals surface area contributed by atoms with Gasteiger partial charge in [0, 0.05) is 19.7 Å². The fraction of sp³-hybridized carbons (Fsp3) is 0.900. The maximum atomic E-state index is 11.8. The summed E-state index contributed by atoms with van der Waals surface area (Å²) in [5.74, 6) is -0.0322. The van der Waals surface area contributed by atoms with Crippen LogP contribution in [0.3, 0.4) is 0 Å². The van der Waals surface area contributed by atoms with Gasteiger partial charge in [0.15, 0.2) is 0 Å². The topological polar surface area (TPSA) is 59.6 Å². The van der Waals surface area contributed by atoms with Crippen molar-refractivity contribution in [1.82, 2.24) is 10.6 Å². The third-order valence-corrected chi connectivity index (χ3v) is 2.86. The molecule has 1 unspecified atom stereocenters. The monoisotopic (exact) mass is 214 g/mol. The average molecular weight is 214 g/mol. The number of ether oxygens (including phenoxy) is 2. The SMILES string of the molecule is CC1(NC(=O)[C@@H]2CNCCO2)CCOC1. The van der Waals surface area contributed by atoms with Gasteiger partial charge in [-0.05, 0) is 13.3 Å². The molecule has 5 nitrogen and oxygen atoms in total. The van der Waals surface area contributed by atoms with Crippen molar-refractivity contribution in [2.45, 2.75) is 25.0 Å². The fourth-order valence-electron chi connectivity index (χ4n) is 1.88. The first-order valence-corrected chi connectivity index (χ1v) is 5.42. The van der Waals surface area contributed by atoms with E-state index in [2.05, 4.69) is 10.6 Å². The number of hydrogen-bond donors (Lipinski definition) is 2. The van der Waals surface area contributed by atoms with Crippen LogP contribution in [-0.2, 0) is 14.3 Å². The Labute approximate surface area is 89.5 Å². The zero-order valence-electron chi connectivity index (χ0n) is 9.04. The van der Waals surface area contributed by atoms with Crippen molar-refractivity contribution < 1.29 is 14.3 Å². The first-order chi connectivity index (χ1) is 7.20. The predicted molar refractivity (Wildman–Crippen MR) is 54.6 cm³/mol. The molecule has 1 amide bonds. The Hall–Kier alpha value is -0.650. The molecule has 0 spiro atoms. The number of carbonyl (C=O) groups excluding carboxylic acids is 1. The highest BCUT2D eigenvalue weighted by Gasteiger charge is 2.34. The molecule has 2 N–H and O–H groups in total. The van der Waals surface area contributed by atoms with E-state index >= 15 is 0 Å².